The number of pyridine rings is 1. The summed E-state index contributed by atoms with van der Waals surface area (Å²) in [4.78, 5) is 6.89. The predicted octanol–water partition coefficient (Wildman–Crippen LogP) is 2.86. The molecule has 2 atom stereocenters. The van der Waals surface area contributed by atoms with Crippen LogP contribution >= 0.6 is 15.9 Å². The molecule has 1 fully saturated rings. The van der Waals surface area contributed by atoms with Crippen LogP contribution in [0.5, 0.6) is 0 Å². The smallest absolute Gasteiger partial charge is 0.129 e. The van der Waals surface area contributed by atoms with Crippen molar-refractivity contribution in [1.82, 2.24) is 4.98 Å². The van der Waals surface area contributed by atoms with Crippen molar-refractivity contribution in [3.8, 4) is 0 Å². The third-order valence-electron chi connectivity index (χ3n) is 3.48. The van der Waals surface area contributed by atoms with Crippen LogP contribution < -0.4 is 10.6 Å². The van der Waals surface area contributed by atoms with Gasteiger partial charge in [0, 0.05) is 29.3 Å². The summed E-state index contributed by atoms with van der Waals surface area (Å²) >= 11 is 3.49. The number of aryl methyl sites for hydroxylation is 1. The monoisotopic (exact) mass is 297 g/mol. The van der Waals surface area contributed by atoms with Crippen molar-refractivity contribution in [3.63, 3.8) is 0 Å². The normalized spacial score (nSPS) is 22.6. The standard InChI is InChI=1S/C13H20BrN3/c1-9-7-13(16-8-11(9)14)17-6-4-3-5-12(17)10(2)15/h7-8,10,12H,3-6,15H2,1-2H3. The van der Waals surface area contributed by atoms with Crippen LogP contribution in [0, 0.1) is 6.92 Å². The SMILES string of the molecule is Cc1cc(N2CCCCC2C(C)N)ncc1Br. The van der Waals surface area contributed by atoms with Gasteiger partial charge in [-0.05, 0) is 60.7 Å². The number of nitrogens with zero attached hydrogens (tertiary/aromatic N) is 2. The van der Waals surface area contributed by atoms with Gasteiger partial charge in [0.05, 0.1) is 0 Å². The van der Waals surface area contributed by atoms with E-state index in [2.05, 4.69) is 45.7 Å². The molecule has 2 heterocycles. The Kier molecular flexibility index (Phi) is 4.05. The molecule has 1 aliphatic rings. The van der Waals surface area contributed by atoms with Crippen LogP contribution in [-0.2, 0) is 0 Å². The van der Waals surface area contributed by atoms with Crippen LogP contribution in [0.1, 0.15) is 31.7 Å². The summed E-state index contributed by atoms with van der Waals surface area (Å²) in [6.45, 7) is 5.26. The van der Waals surface area contributed by atoms with E-state index < -0.39 is 0 Å². The molecule has 0 amide bonds. The summed E-state index contributed by atoms with van der Waals surface area (Å²) in [6.07, 6.45) is 5.57. The molecule has 94 valence electrons. The number of hydrogen-bond donors (Lipinski definition) is 1. The van der Waals surface area contributed by atoms with Crippen LogP contribution in [0.15, 0.2) is 16.7 Å². The second kappa shape index (κ2) is 5.36. The van der Waals surface area contributed by atoms with E-state index in [0.717, 1.165) is 16.8 Å². The first-order valence-electron chi connectivity index (χ1n) is 6.24. The Bertz CT molecular complexity index is 392. The Hall–Kier alpha value is -0.610. The highest BCUT2D eigenvalue weighted by molar-refractivity contribution is 9.10. The highest BCUT2D eigenvalue weighted by Crippen LogP contribution is 2.27. The predicted molar refractivity (Wildman–Crippen MR) is 75.3 cm³/mol. The van der Waals surface area contributed by atoms with Crippen LogP contribution in [0.3, 0.4) is 0 Å². The molecule has 17 heavy (non-hydrogen) atoms. The van der Waals surface area contributed by atoms with Crippen LogP contribution in [0.4, 0.5) is 5.82 Å². The zero-order valence-corrected chi connectivity index (χ0v) is 12.1. The minimum absolute atomic E-state index is 0.195. The van der Waals surface area contributed by atoms with Crippen molar-refractivity contribution < 1.29 is 0 Å². The topological polar surface area (TPSA) is 42.1 Å². The Balaban J connectivity index is 2.26. The lowest BCUT2D eigenvalue weighted by atomic mass is 9.97. The summed E-state index contributed by atoms with van der Waals surface area (Å²) in [5.74, 6) is 1.06. The first-order valence-corrected chi connectivity index (χ1v) is 7.03. The molecule has 4 heteroatoms. The third-order valence-corrected chi connectivity index (χ3v) is 4.31. The molecule has 0 saturated carbocycles. The lowest BCUT2D eigenvalue weighted by Crippen LogP contribution is -2.49. The van der Waals surface area contributed by atoms with Crippen molar-refractivity contribution in [2.75, 3.05) is 11.4 Å². The van der Waals surface area contributed by atoms with Gasteiger partial charge in [-0.1, -0.05) is 0 Å². The molecule has 1 saturated heterocycles. The number of halogens is 1. The van der Waals surface area contributed by atoms with Gasteiger partial charge < -0.3 is 10.6 Å². The molecule has 1 aliphatic heterocycles. The summed E-state index contributed by atoms with van der Waals surface area (Å²) in [7, 11) is 0. The van der Waals surface area contributed by atoms with Gasteiger partial charge >= 0.3 is 0 Å². The van der Waals surface area contributed by atoms with E-state index in [0.29, 0.717) is 6.04 Å². The highest BCUT2D eigenvalue weighted by Gasteiger charge is 2.26. The van der Waals surface area contributed by atoms with Gasteiger partial charge in [0.2, 0.25) is 0 Å². The fourth-order valence-corrected chi connectivity index (χ4v) is 2.69. The van der Waals surface area contributed by atoms with Crippen molar-refractivity contribution in [2.45, 2.75) is 45.2 Å². The van der Waals surface area contributed by atoms with Crippen LogP contribution in [0.25, 0.3) is 0 Å². The minimum atomic E-state index is 0.195. The van der Waals surface area contributed by atoms with Crippen molar-refractivity contribution in [2.24, 2.45) is 5.73 Å². The largest absolute Gasteiger partial charge is 0.352 e. The number of nitrogens with two attached hydrogens (primary N) is 1. The summed E-state index contributed by atoms with van der Waals surface area (Å²) in [5, 5.41) is 0. The van der Waals surface area contributed by atoms with E-state index in [-0.39, 0.29) is 6.04 Å². The number of anilines is 1. The number of piperidine rings is 1. The summed E-state index contributed by atoms with van der Waals surface area (Å²) < 4.78 is 1.07. The molecule has 3 nitrogen and oxygen atoms in total. The second-order valence-electron chi connectivity index (χ2n) is 4.91. The molecule has 2 unspecified atom stereocenters. The first kappa shape index (κ1) is 12.8. The van der Waals surface area contributed by atoms with Crippen molar-refractivity contribution in [1.29, 1.82) is 0 Å². The molecule has 0 radical (unpaired) electrons. The van der Waals surface area contributed by atoms with Gasteiger partial charge in [-0.2, -0.15) is 0 Å². The average Bonchev–Trinajstić information content (AvgIpc) is 2.32. The lowest BCUT2D eigenvalue weighted by Gasteiger charge is -2.39. The lowest BCUT2D eigenvalue weighted by molar-refractivity contribution is 0.411. The molecular formula is C13H20BrN3. The van der Waals surface area contributed by atoms with Crippen molar-refractivity contribution in [3.05, 3.63) is 22.3 Å². The maximum absolute atomic E-state index is 6.08. The maximum Gasteiger partial charge on any atom is 0.129 e. The van der Waals surface area contributed by atoms with Crippen LogP contribution in [0.2, 0.25) is 0 Å². The molecule has 2 N–H and O–H groups in total. The van der Waals surface area contributed by atoms with Gasteiger partial charge in [-0.3, -0.25) is 0 Å². The quantitative estimate of drug-likeness (QED) is 0.913. The Morgan fingerprint density at radius 1 is 1.53 bits per heavy atom. The van der Waals surface area contributed by atoms with E-state index in [4.69, 9.17) is 5.73 Å². The Labute approximate surface area is 112 Å². The summed E-state index contributed by atoms with van der Waals surface area (Å²) in [6, 6.07) is 2.77. The molecule has 0 aliphatic carbocycles. The second-order valence-corrected chi connectivity index (χ2v) is 5.76. The fraction of sp³-hybridized carbons (Fsp3) is 0.615. The van der Waals surface area contributed by atoms with E-state index >= 15 is 0 Å². The summed E-state index contributed by atoms with van der Waals surface area (Å²) in [5.41, 5.74) is 7.31. The van der Waals surface area contributed by atoms with E-state index in [1.807, 2.05) is 6.20 Å². The first-order chi connectivity index (χ1) is 8.09. The highest BCUT2D eigenvalue weighted by atomic mass is 79.9. The van der Waals surface area contributed by atoms with Crippen molar-refractivity contribution >= 4 is 21.7 Å². The fourth-order valence-electron chi connectivity index (χ4n) is 2.47. The molecule has 0 spiro atoms. The van der Waals surface area contributed by atoms with Gasteiger partial charge in [-0.15, -0.1) is 0 Å². The molecular weight excluding hydrogens is 278 g/mol. The van der Waals surface area contributed by atoms with E-state index in [1.165, 1.54) is 24.8 Å². The average molecular weight is 298 g/mol. The van der Waals surface area contributed by atoms with Gasteiger partial charge in [-0.25, -0.2) is 4.98 Å². The molecule has 0 aromatic carbocycles. The van der Waals surface area contributed by atoms with E-state index in [1.54, 1.807) is 0 Å². The zero-order valence-electron chi connectivity index (χ0n) is 10.5. The zero-order chi connectivity index (χ0) is 12.4. The van der Waals surface area contributed by atoms with Gasteiger partial charge in [0.15, 0.2) is 0 Å². The molecule has 1 aromatic rings. The Morgan fingerprint density at radius 3 is 2.94 bits per heavy atom. The molecule has 2 rings (SSSR count). The number of hydrogen-bond acceptors (Lipinski definition) is 3. The number of aromatic nitrogens is 1. The Morgan fingerprint density at radius 2 is 2.29 bits per heavy atom. The number of rotatable bonds is 2. The molecule has 1 aromatic heterocycles. The minimum Gasteiger partial charge on any atom is -0.352 e. The van der Waals surface area contributed by atoms with E-state index in [9.17, 15) is 0 Å². The molecule has 0 bridgehead atoms. The maximum atomic E-state index is 6.08. The van der Waals surface area contributed by atoms with Crippen LogP contribution in [-0.4, -0.2) is 23.6 Å². The van der Waals surface area contributed by atoms with Gasteiger partial charge in [0.1, 0.15) is 5.82 Å². The van der Waals surface area contributed by atoms with Gasteiger partial charge in [0.25, 0.3) is 0 Å². The third kappa shape index (κ3) is 2.80.